The zero-order valence-electron chi connectivity index (χ0n) is 23.7. The lowest BCUT2D eigenvalue weighted by atomic mass is 9.86. The van der Waals surface area contributed by atoms with E-state index in [1.165, 1.54) is 12.1 Å². The summed E-state index contributed by atoms with van der Waals surface area (Å²) >= 11 is 3.28. The number of rotatable bonds is 7. The quantitative estimate of drug-likeness (QED) is 0.700. The summed E-state index contributed by atoms with van der Waals surface area (Å²) in [6.07, 6.45) is -10.1. The zero-order chi connectivity index (χ0) is 27.4. The maximum Gasteiger partial charge on any atom is 0.273 e. The van der Waals surface area contributed by atoms with Gasteiger partial charge in [0, 0.05) is 28.7 Å². The molecule has 1 atom stereocenters. The molecule has 0 aliphatic heterocycles. The predicted octanol–water partition coefficient (Wildman–Crippen LogP) is 3.62. The summed E-state index contributed by atoms with van der Waals surface area (Å²) in [4.78, 5) is 25.0. The molecule has 0 aliphatic rings. The summed E-state index contributed by atoms with van der Waals surface area (Å²) in [7, 11) is 0. The molecule has 0 saturated heterocycles. The summed E-state index contributed by atoms with van der Waals surface area (Å²) in [5.74, 6) is -1.56. The molecule has 1 aromatic heterocycles. The van der Waals surface area contributed by atoms with Crippen LogP contribution < -0.4 is 11.1 Å². The van der Waals surface area contributed by atoms with Gasteiger partial charge in [-0.05, 0) is 30.0 Å². The van der Waals surface area contributed by atoms with Crippen molar-refractivity contribution in [1.82, 2.24) is 15.1 Å². The molecule has 26 heavy (non-hydrogen) atoms. The molecule has 0 spiro atoms. The van der Waals surface area contributed by atoms with E-state index in [1.807, 2.05) is 0 Å². The summed E-state index contributed by atoms with van der Waals surface area (Å²) in [5.41, 5.74) is 4.72. The lowest BCUT2D eigenvalue weighted by Crippen LogP contribution is -2.52. The van der Waals surface area contributed by atoms with Crippen molar-refractivity contribution in [3.63, 3.8) is 0 Å². The number of carbonyl (C=O) groups excluding carboxylic acids is 2. The van der Waals surface area contributed by atoms with Crippen LogP contribution in [-0.2, 0) is 11.3 Å². The number of hydrogen-bond donors (Lipinski definition) is 2. The van der Waals surface area contributed by atoms with E-state index < -0.39 is 55.8 Å². The predicted molar refractivity (Wildman–Crippen MR) is 107 cm³/mol. The Hall–Kier alpha value is -1.89. The first kappa shape index (κ1) is 11.1. The minimum atomic E-state index is -3.53. The topological polar surface area (TPSA) is 90.0 Å². The highest BCUT2D eigenvalue weighted by molar-refractivity contribution is 9.10. The maximum atomic E-state index is 13.1. The number of halogens is 1. The molecular weight excluding hydrogens is 396 g/mol. The number of aryl methyl sites for hydroxylation is 1. The van der Waals surface area contributed by atoms with Gasteiger partial charge in [-0.3, -0.25) is 14.3 Å². The Balaban J connectivity index is 2.59. The Bertz CT molecular complexity index is 1140. The number of fused-ring (bicyclic) bond motifs is 1. The minimum absolute atomic E-state index is 0.202. The molecule has 0 fully saturated rings. The van der Waals surface area contributed by atoms with Crippen LogP contribution in [0.5, 0.6) is 0 Å². The van der Waals surface area contributed by atoms with Gasteiger partial charge >= 0.3 is 0 Å². The third kappa shape index (κ3) is 4.63. The number of primary amides is 1. The van der Waals surface area contributed by atoms with Crippen LogP contribution >= 0.6 is 15.9 Å². The summed E-state index contributed by atoms with van der Waals surface area (Å²) in [6.45, 7) is 0.755. The van der Waals surface area contributed by atoms with Gasteiger partial charge in [0.25, 0.3) is 5.91 Å². The molecule has 0 aliphatic carbocycles. The van der Waals surface area contributed by atoms with Gasteiger partial charge in [-0.25, -0.2) is 0 Å². The number of nitrogens with two attached hydrogens (primary N) is 1. The lowest BCUT2D eigenvalue weighted by Gasteiger charge is -2.28. The van der Waals surface area contributed by atoms with Crippen LogP contribution in [0, 0.1) is 5.41 Å². The van der Waals surface area contributed by atoms with Crippen LogP contribution in [0.15, 0.2) is 22.7 Å². The molecule has 7 heteroatoms. The van der Waals surface area contributed by atoms with Gasteiger partial charge in [0.1, 0.15) is 6.04 Å². The SMILES string of the molecule is [2H]C([2H])([2H])C([2H])([2H])C([2H])([2H])C([2H])([2H])Cn1nc(C(=O)N[C@H](C(N)=O)C(C)(C)C)c2cc(Br)ccc21. The van der Waals surface area contributed by atoms with Crippen molar-refractivity contribution in [3.8, 4) is 0 Å². The summed E-state index contributed by atoms with van der Waals surface area (Å²) < 4.78 is 71.8. The second kappa shape index (κ2) is 8.20. The van der Waals surface area contributed by atoms with Crippen LogP contribution in [0.25, 0.3) is 10.9 Å². The standard InChI is InChI=1S/C19H27BrN4O2/c1-5-6-7-10-24-14-9-8-12(20)11-13(14)15(23-24)18(26)22-16(17(21)25)19(2,3)4/h8-9,11,16H,5-7,10H2,1-4H3,(H2,21,25)(H,22,26)/t16-/m1/s1/i1D3,5D2,6D2,7D2. The van der Waals surface area contributed by atoms with Crippen molar-refractivity contribution in [3.05, 3.63) is 28.4 Å². The van der Waals surface area contributed by atoms with E-state index in [0.717, 1.165) is 4.68 Å². The molecule has 0 unspecified atom stereocenters. The molecule has 142 valence electrons. The number of aromatic nitrogens is 2. The van der Waals surface area contributed by atoms with Crippen molar-refractivity contribution in [2.24, 2.45) is 11.1 Å². The van der Waals surface area contributed by atoms with Gasteiger partial charge in [0.05, 0.1) is 5.52 Å². The Morgan fingerprint density at radius 3 is 2.77 bits per heavy atom. The monoisotopic (exact) mass is 431 g/mol. The Morgan fingerprint density at radius 1 is 1.42 bits per heavy atom. The first-order chi connectivity index (χ1) is 15.5. The normalized spacial score (nSPS) is 20.2. The van der Waals surface area contributed by atoms with Crippen molar-refractivity contribution < 1.29 is 21.9 Å². The van der Waals surface area contributed by atoms with E-state index in [9.17, 15) is 9.59 Å². The zero-order valence-corrected chi connectivity index (χ0v) is 16.3. The van der Waals surface area contributed by atoms with Crippen molar-refractivity contribution in [2.45, 2.75) is 59.3 Å². The molecule has 2 rings (SSSR count). The van der Waals surface area contributed by atoms with Crippen molar-refractivity contribution >= 4 is 38.6 Å². The Labute approximate surface area is 175 Å². The number of nitrogens with one attached hydrogen (secondary N) is 1. The van der Waals surface area contributed by atoms with Crippen molar-refractivity contribution in [2.75, 3.05) is 0 Å². The largest absolute Gasteiger partial charge is 0.368 e. The fraction of sp³-hybridized carbons (Fsp3) is 0.526. The third-order valence-corrected chi connectivity index (χ3v) is 4.23. The van der Waals surface area contributed by atoms with E-state index >= 15 is 0 Å². The second-order valence-electron chi connectivity index (χ2n) is 6.77. The molecule has 0 saturated carbocycles. The van der Waals surface area contributed by atoms with E-state index in [0.29, 0.717) is 4.47 Å². The minimum Gasteiger partial charge on any atom is -0.368 e. The van der Waals surface area contributed by atoms with Crippen LogP contribution in [0.2, 0.25) is 0 Å². The third-order valence-electron chi connectivity index (χ3n) is 3.73. The first-order valence-corrected chi connectivity index (χ1v) is 8.60. The number of nitrogens with zero attached hydrogens (tertiary/aromatic N) is 2. The first-order valence-electron chi connectivity index (χ1n) is 12.3. The highest BCUT2D eigenvalue weighted by Crippen LogP contribution is 2.25. The molecule has 1 heterocycles. The van der Waals surface area contributed by atoms with E-state index in [2.05, 4.69) is 26.3 Å². The van der Waals surface area contributed by atoms with E-state index in [-0.39, 0.29) is 16.6 Å². The van der Waals surface area contributed by atoms with Gasteiger partial charge in [0.2, 0.25) is 5.91 Å². The van der Waals surface area contributed by atoms with Gasteiger partial charge in [-0.15, -0.1) is 0 Å². The second-order valence-corrected chi connectivity index (χ2v) is 7.69. The van der Waals surface area contributed by atoms with E-state index in [4.69, 9.17) is 18.1 Å². The maximum absolute atomic E-state index is 13.1. The van der Waals surface area contributed by atoms with Crippen LogP contribution in [0.3, 0.4) is 0 Å². The molecule has 0 bridgehead atoms. The summed E-state index contributed by atoms with van der Waals surface area (Å²) in [6, 6.07) is 3.53. The lowest BCUT2D eigenvalue weighted by molar-refractivity contribution is -0.122. The fourth-order valence-corrected chi connectivity index (χ4v) is 2.87. The molecule has 6 nitrogen and oxygen atoms in total. The van der Waals surface area contributed by atoms with E-state index in [1.54, 1.807) is 26.8 Å². The van der Waals surface area contributed by atoms with Crippen LogP contribution in [0.4, 0.5) is 0 Å². The number of amides is 2. The molecular formula is C19H27BrN4O2. The number of carbonyl (C=O) groups is 2. The van der Waals surface area contributed by atoms with Crippen LogP contribution in [-0.4, -0.2) is 27.6 Å². The average molecular weight is 432 g/mol. The van der Waals surface area contributed by atoms with Gasteiger partial charge < -0.3 is 11.1 Å². The number of hydrogen-bond acceptors (Lipinski definition) is 3. The molecule has 2 aromatic rings. The van der Waals surface area contributed by atoms with Gasteiger partial charge in [-0.1, -0.05) is 56.3 Å². The smallest absolute Gasteiger partial charge is 0.273 e. The highest BCUT2D eigenvalue weighted by atomic mass is 79.9. The molecule has 0 radical (unpaired) electrons. The average Bonchev–Trinajstić information content (AvgIpc) is 3.00. The Kier molecular flexibility index (Phi) is 3.49. The molecule has 1 aromatic carbocycles. The van der Waals surface area contributed by atoms with Crippen molar-refractivity contribution in [1.29, 1.82) is 0 Å². The highest BCUT2D eigenvalue weighted by Gasteiger charge is 2.32. The fourth-order valence-electron chi connectivity index (χ4n) is 2.51. The molecule has 3 N–H and O–H groups in total. The Morgan fingerprint density at radius 2 is 2.15 bits per heavy atom. The molecule has 2 amide bonds. The van der Waals surface area contributed by atoms with Gasteiger partial charge in [-0.2, -0.15) is 5.10 Å². The summed E-state index contributed by atoms with van der Waals surface area (Å²) in [5, 5.41) is 6.90. The number of benzene rings is 1. The van der Waals surface area contributed by atoms with Crippen LogP contribution in [0.1, 0.15) is 69.6 Å². The van der Waals surface area contributed by atoms with Gasteiger partial charge in [0.15, 0.2) is 5.69 Å².